The summed E-state index contributed by atoms with van der Waals surface area (Å²) in [6, 6.07) is 0. The second-order valence-corrected chi connectivity index (χ2v) is 0. The molecule has 0 bridgehead atoms. The fourth-order valence-electron chi connectivity index (χ4n) is 0. The third kappa shape index (κ3) is 119. The molecule has 0 radical (unpaired) electrons. The van der Waals surface area contributed by atoms with Gasteiger partial charge < -0.3 is 1.43 Å². The first-order valence-corrected chi connectivity index (χ1v) is 0. The number of halogens is 6. The monoisotopic (exact) mass is 218 g/mol. The summed E-state index contributed by atoms with van der Waals surface area (Å²) in [5.74, 6) is 0. The van der Waals surface area contributed by atoms with Crippen LogP contribution >= 0.6 is 0 Å². The van der Waals surface area contributed by atoms with Crippen molar-refractivity contribution in [1.29, 1.82) is 0 Å². The minimum atomic E-state index is 0. The Morgan fingerprint density at radius 1 is 0.500 bits per heavy atom. The van der Waals surface area contributed by atoms with E-state index in [1.165, 1.54) is 0 Å². The van der Waals surface area contributed by atoms with Gasteiger partial charge in [0.05, 0.1) is 0 Å². The van der Waals surface area contributed by atoms with Crippen molar-refractivity contribution < 1.29 is 97.5 Å². The van der Waals surface area contributed by atoms with E-state index in [0.717, 1.165) is 0 Å². The predicted octanol–water partition coefficient (Wildman–Crippen LogP) is -1.97. The van der Waals surface area contributed by atoms with Gasteiger partial charge in [-0.3, -0.25) is 28.2 Å². The van der Waals surface area contributed by atoms with Gasteiger partial charge in [-0.05, 0) is 0 Å². The fraction of sp³-hybridized carbons (Fsp3) is 0. The van der Waals surface area contributed by atoms with Gasteiger partial charge in [-0.15, -0.1) is 0 Å². The second-order valence-electron chi connectivity index (χ2n) is 0. The van der Waals surface area contributed by atoms with Crippen molar-refractivity contribution in [1.82, 2.24) is 0 Å². The summed E-state index contributed by atoms with van der Waals surface area (Å²) in [5, 5.41) is 0. The van der Waals surface area contributed by atoms with Gasteiger partial charge in [0.2, 0.25) is 0 Å². The first kappa shape index (κ1) is 252. The van der Waals surface area contributed by atoms with E-state index in [2.05, 4.69) is 0 Å². The molecule has 0 saturated carbocycles. The normalized spacial score (nSPS) is 0. The van der Waals surface area contributed by atoms with Gasteiger partial charge in [-0.1, -0.05) is 0 Å². The molecule has 0 rings (SSSR count). The van der Waals surface area contributed by atoms with Crippen LogP contribution in [0.25, 0.3) is 0 Å². The summed E-state index contributed by atoms with van der Waals surface area (Å²) in [6.07, 6.45) is 0. The van der Waals surface area contributed by atoms with Gasteiger partial charge in [0.15, 0.2) is 0 Å². The van der Waals surface area contributed by atoms with Gasteiger partial charge in [0, 0.05) is 16.5 Å². The smallest absolute Gasteiger partial charge is 1.00 e. The van der Waals surface area contributed by atoms with E-state index >= 15 is 0 Å². The molecule has 0 N–H and O–H groups in total. The molecule has 8 heteroatoms. The Hall–Kier alpha value is 1.71. The van der Waals surface area contributed by atoms with E-state index in [-0.39, 0.29) is 97.5 Å². The van der Waals surface area contributed by atoms with Gasteiger partial charge in [0.1, 0.15) is 0 Å². The Kier molecular flexibility index (Phi) is 5580. The minimum absolute atomic E-state index is 0. The molecule has 0 aliphatic heterocycles. The van der Waals surface area contributed by atoms with Gasteiger partial charge in [0.25, 0.3) is 0 Å². The van der Waals surface area contributed by atoms with Crippen molar-refractivity contribution in [2.75, 3.05) is 0 Å². The van der Waals surface area contributed by atoms with Crippen molar-refractivity contribution >= 4 is 0 Å². The first-order chi connectivity index (χ1) is 0. The largest absolute Gasteiger partial charge is 1.00 e. The number of hydrogen-bond acceptors (Lipinski definition) is 0. The molecule has 0 aliphatic rings. The van der Waals surface area contributed by atoms with Crippen molar-refractivity contribution in [3.63, 3.8) is 0 Å². The maximum Gasteiger partial charge on any atom is 1.00 e. The minimum Gasteiger partial charge on any atom is -1.00 e. The van der Waals surface area contributed by atoms with E-state index < -0.39 is 0 Å². The second kappa shape index (κ2) is 177. The van der Waals surface area contributed by atoms with Crippen LogP contribution in [0.2, 0.25) is 0 Å². The van der Waals surface area contributed by atoms with E-state index in [4.69, 9.17) is 0 Å². The molecule has 0 heterocycles. The third-order valence-corrected chi connectivity index (χ3v) is 0. The Labute approximate surface area is 96.2 Å². The molecule has 0 saturated heterocycles. The Bertz CT molecular complexity index is 13.0. The standard InChI is InChI=1S/6FH.K.Ni.H/h6*1H;;;/q;;;;;;+1;;-1. The molecule has 0 amide bonds. The van der Waals surface area contributed by atoms with Crippen LogP contribution in [0.3, 0.4) is 0 Å². The quantitative estimate of drug-likeness (QED) is 0.327. The van der Waals surface area contributed by atoms with Crippen molar-refractivity contribution in [3.05, 3.63) is 0 Å². The molecule has 0 aromatic heterocycles. The predicted molar refractivity (Wildman–Crippen MR) is 16.1 cm³/mol. The Morgan fingerprint density at radius 2 is 0.500 bits per heavy atom. The Balaban J connectivity index is 0. The average Bonchev–Trinajstić information content (AvgIpc) is 0. The molecule has 0 fully saturated rings. The molecule has 0 atom stereocenters. The third-order valence-electron chi connectivity index (χ3n) is 0. The fourth-order valence-corrected chi connectivity index (χ4v) is 0. The summed E-state index contributed by atoms with van der Waals surface area (Å²) in [7, 11) is 0. The topological polar surface area (TPSA) is 0 Å². The molecule has 0 aromatic rings. The summed E-state index contributed by atoms with van der Waals surface area (Å²) < 4.78 is 0. The average molecular weight is 219 g/mol. The van der Waals surface area contributed by atoms with Crippen LogP contribution < -0.4 is 51.4 Å². The maximum absolute atomic E-state index is 0. The summed E-state index contributed by atoms with van der Waals surface area (Å²) in [6.45, 7) is 0. The molecule has 60 valence electrons. The van der Waals surface area contributed by atoms with E-state index in [1.54, 1.807) is 0 Å². The van der Waals surface area contributed by atoms with Crippen LogP contribution in [0.1, 0.15) is 1.43 Å². The van der Waals surface area contributed by atoms with Crippen LogP contribution in [0.15, 0.2) is 0 Å². The SMILES string of the molecule is F.F.F.F.F.F.[H-].[K+].[Ni]. The molecular formula is H7F6KNi. The molecule has 8 heavy (non-hydrogen) atoms. The Morgan fingerprint density at radius 3 is 0.500 bits per heavy atom. The zero-order chi connectivity index (χ0) is 0. The summed E-state index contributed by atoms with van der Waals surface area (Å²) in [4.78, 5) is 0. The summed E-state index contributed by atoms with van der Waals surface area (Å²) in [5.41, 5.74) is 0. The van der Waals surface area contributed by atoms with Crippen molar-refractivity contribution in [2.45, 2.75) is 0 Å². The van der Waals surface area contributed by atoms with Crippen LogP contribution in [0.5, 0.6) is 0 Å². The zero-order valence-electron chi connectivity index (χ0n) is 4.77. The number of hydrogen-bond donors (Lipinski definition) is 0. The van der Waals surface area contributed by atoms with E-state index in [1.807, 2.05) is 0 Å². The van der Waals surface area contributed by atoms with Gasteiger partial charge in [-0.25, -0.2) is 0 Å². The van der Waals surface area contributed by atoms with Crippen molar-refractivity contribution in [3.8, 4) is 0 Å². The molecule has 0 unspecified atom stereocenters. The van der Waals surface area contributed by atoms with Crippen LogP contribution in [0.4, 0.5) is 28.2 Å². The van der Waals surface area contributed by atoms with Crippen LogP contribution in [0, 0.1) is 0 Å². The first-order valence-electron chi connectivity index (χ1n) is 0. The number of rotatable bonds is 0. The zero-order valence-corrected chi connectivity index (χ0v) is 7.88. The molecule has 0 aliphatic carbocycles. The van der Waals surface area contributed by atoms with Crippen LogP contribution in [-0.2, 0) is 16.5 Å². The molecule has 0 aromatic carbocycles. The maximum atomic E-state index is 0. The van der Waals surface area contributed by atoms with Crippen LogP contribution in [-0.4, -0.2) is 0 Å². The van der Waals surface area contributed by atoms with Crippen molar-refractivity contribution in [2.24, 2.45) is 0 Å². The molecule has 0 nitrogen and oxygen atoms in total. The van der Waals surface area contributed by atoms with E-state index in [9.17, 15) is 0 Å². The van der Waals surface area contributed by atoms with E-state index in [0.29, 0.717) is 0 Å². The van der Waals surface area contributed by atoms with Gasteiger partial charge in [-0.2, -0.15) is 0 Å². The summed E-state index contributed by atoms with van der Waals surface area (Å²) >= 11 is 0. The molecular weight excluding hydrogens is 212 g/mol. The molecule has 0 spiro atoms. The van der Waals surface area contributed by atoms with Gasteiger partial charge >= 0.3 is 51.4 Å².